The van der Waals surface area contributed by atoms with E-state index in [1.54, 1.807) is 0 Å². The SMILES string of the molecule is Cc1cc(Oc2ncc(C=O)s2)cc(C)c1C1C(=O)[C@@H]2[C@H](C1=O)[C@H]1CC[C@@H]2O1. The number of aldehydes is 1. The number of thiazole rings is 1. The van der Waals surface area contributed by atoms with Gasteiger partial charge in [0.25, 0.3) is 5.19 Å². The number of aryl methyl sites for hydroxylation is 2. The van der Waals surface area contributed by atoms with Crippen molar-refractivity contribution >= 4 is 29.2 Å². The maximum atomic E-state index is 13.1. The van der Waals surface area contributed by atoms with Gasteiger partial charge in [-0.15, -0.1) is 0 Å². The third-order valence-corrected chi connectivity index (χ3v) is 6.98. The molecule has 2 bridgehead atoms. The number of aromatic nitrogens is 1. The largest absolute Gasteiger partial charge is 0.431 e. The molecule has 0 radical (unpaired) electrons. The van der Waals surface area contributed by atoms with E-state index in [9.17, 15) is 14.4 Å². The number of hydrogen-bond donors (Lipinski definition) is 0. The van der Waals surface area contributed by atoms with Crippen LogP contribution in [0.15, 0.2) is 18.3 Å². The molecule has 1 saturated carbocycles. The molecule has 1 unspecified atom stereocenters. The van der Waals surface area contributed by atoms with E-state index in [2.05, 4.69) is 4.98 Å². The molecule has 6 nitrogen and oxygen atoms in total. The Morgan fingerprint density at radius 3 is 2.25 bits per heavy atom. The van der Waals surface area contributed by atoms with Gasteiger partial charge in [0.2, 0.25) is 0 Å². The third-order valence-electron chi connectivity index (χ3n) is 6.18. The summed E-state index contributed by atoms with van der Waals surface area (Å²) in [6.07, 6.45) is 3.77. The number of hydrogen-bond acceptors (Lipinski definition) is 7. The van der Waals surface area contributed by atoms with Gasteiger partial charge < -0.3 is 9.47 Å². The van der Waals surface area contributed by atoms with Crippen LogP contribution in [0.5, 0.6) is 10.9 Å². The first-order valence-corrected chi connectivity index (χ1v) is 10.2. The van der Waals surface area contributed by atoms with Gasteiger partial charge in [-0.2, -0.15) is 0 Å². The molecule has 1 aliphatic carbocycles. The topological polar surface area (TPSA) is 82.6 Å². The Morgan fingerprint density at radius 2 is 1.71 bits per heavy atom. The Bertz CT molecular complexity index is 961. The molecule has 3 aliphatic rings. The highest BCUT2D eigenvalue weighted by Gasteiger charge is 2.63. The molecule has 3 fully saturated rings. The zero-order valence-corrected chi connectivity index (χ0v) is 16.3. The van der Waals surface area contributed by atoms with Crippen LogP contribution in [0, 0.1) is 25.7 Å². The van der Waals surface area contributed by atoms with Gasteiger partial charge >= 0.3 is 0 Å². The summed E-state index contributed by atoms with van der Waals surface area (Å²) in [5, 5.41) is 0.380. The van der Waals surface area contributed by atoms with Crippen molar-refractivity contribution in [2.45, 2.75) is 44.8 Å². The zero-order valence-electron chi connectivity index (χ0n) is 15.5. The van der Waals surface area contributed by atoms with Crippen LogP contribution in [0.25, 0.3) is 0 Å². The number of benzene rings is 1. The molecule has 5 atom stereocenters. The monoisotopic (exact) mass is 397 g/mol. The number of carbonyl (C=O) groups is 3. The molecule has 7 heteroatoms. The molecule has 3 heterocycles. The fourth-order valence-corrected chi connectivity index (χ4v) is 5.73. The maximum Gasteiger partial charge on any atom is 0.279 e. The van der Waals surface area contributed by atoms with Crippen LogP contribution in [-0.4, -0.2) is 35.0 Å². The van der Waals surface area contributed by atoms with Crippen LogP contribution in [0.3, 0.4) is 0 Å². The standard InChI is InChI=1S/C21H19NO5S/c1-9-5-11(26-21-22-7-12(8-23)28-21)6-10(2)15(9)18-19(24)16-13-3-4-14(27-13)17(16)20(18)25/h5-8,13-14,16-18H,3-4H2,1-2H3/t13-,14+,16-,17+,18?. The maximum absolute atomic E-state index is 13.1. The summed E-state index contributed by atoms with van der Waals surface area (Å²) in [4.78, 5) is 41.6. The highest BCUT2D eigenvalue weighted by molar-refractivity contribution is 7.15. The number of fused-ring (bicyclic) bond motifs is 5. The Labute approximate surface area is 165 Å². The van der Waals surface area contributed by atoms with Gasteiger partial charge in [-0.3, -0.25) is 14.4 Å². The minimum absolute atomic E-state index is 0.0117. The second kappa shape index (κ2) is 6.32. The smallest absolute Gasteiger partial charge is 0.279 e. The van der Waals surface area contributed by atoms with E-state index in [1.165, 1.54) is 6.20 Å². The average Bonchev–Trinajstić information content (AvgIpc) is 3.41. The lowest BCUT2D eigenvalue weighted by Crippen LogP contribution is -2.29. The normalized spacial score (nSPS) is 30.7. The molecule has 0 amide bonds. The number of rotatable bonds is 4. The van der Waals surface area contributed by atoms with Gasteiger partial charge in [0.05, 0.1) is 35.1 Å². The Kier molecular flexibility index (Phi) is 4.00. The highest BCUT2D eigenvalue weighted by atomic mass is 32.1. The molecule has 2 saturated heterocycles. The van der Waals surface area contributed by atoms with Gasteiger partial charge in [-0.1, -0.05) is 11.3 Å². The third kappa shape index (κ3) is 2.49. The summed E-state index contributed by atoms with van der Waals surface area (Å²) in [6, 6.07) is 3.65. The predicted octanol–water partition coefficient (Wildman–Crippen LogP) is 3.39. The number of ether oxygens (including phenoxy) is 2. The zero-order chi connectivity index (χ0) is 19.6. The quantitative estimate of drug-likeness (QED) is 0.581. The van der Waals surface area contributed by atoms with Gasteiger partial charge in [-0.05, 0) is 55.5 Å². The first kappa shape index (κ1) is 17.7. The molecule has 2 aliphatic heterocycles. The van der Waals surface area contributed by atoms with E-state index in [1.807, 2.05) is 26.0 Å². The van der Waals surface area contributed by atoms with E-state index in [4.69, 9.17) is 9.47 Å². The van der Waals surface area contributed by atoms with E-state index < -0.39 is 5.92 Å². The number of ketones is 2. The fourth-order valence-electron chi connectivity index (χ4n) is 5.13. The average molecular weight is 397 g/mol. The number of nitrogens with zero attached hydrogens (tertiary/aromatic N) is 1. The van der Waals surface area contributed by atoms with Gasteiger partial charge in [0.15, 0.2) is 17.9 Å². The van der Waals surface area contributed by atoms with Crippen molar-refractivity contribution in [3.8, 4) is 10.9 Å². The first-order chi connectivity index (χ1) is 13.5. The Hall–Kier alpha value is -2.38. The van der Waals surface area contributed by atoms with Crippen molar-refractivity contribution in [2.75, 3.05) is 0 Å². The van der Waals surface area contributed by atoms with Gasteiger partial charge in [0.1, 0.15) is 11.7 Å². The van der Waals surface area contributed by atoms with Gasteiger partial charge in [0, 0.05) is 0 Å². The molecule has 0 spiro atoms. The van der Waals surface area contributed by atoms with Crippen LogP contribution in [0.2, 0.25) is 0 Å². The predicted molar refractivity (Wildman–Crippen MR) is 101 cm³/mol. The van der Waals surface area contributed by atoms with Crippen molar-refractivity contribution in [1.82, 2.24) is 4.98 Å². The van der Waals surface area contributed by atoms with Crippen LogP contribution >= 0.6 is 11.3 Å². The second-order valence-electron chi connectivity index (χ2n) is 7.80. The molecular weight excluding hydrogens is 378 g/mol. The molecule has 1 aromatic carbocycles. The van der Waals surface area contributed by atoms with E-state index in [-0.39, 0.29) is 35.6 Å². The van der Waals surface area contributed by atoms with Crippen molar-refractivity contribution in [3.63, 3.8) is 0 Å². The van der Waals surface area contributed by atoms with Crippen molar-refractivity contribution in [1.29, 1.82) is 0 Å². The van der Waals surface area contributed by atoms with Crippen LogP contribution in [0.1, 0.15) is 45.1 Å². The molecular formula is C21H19NO5S. The van der Waals surface area contributed by atoms with Crippen molar-refractivity contribution < 1.29 is 23.9 Å². The van der Waals surface area contributed by atoms with Crippen LogP contribution in [0.4, 0.5) is 0 Å². The fraction of sp³-hybridized carbons (Fsp3) is 0.429. The number of carbonyl (C=O) groups excluding carboxylic acids is 3. The lowest BCUT2D eigenvalue weighted by molar-refractivity contribution is -0.127. The van der Waals surface area contributed by atoms with E-state index in [0.717, 1.165) is 47.2 Å². The summed E-state index contributed by atoms with van der Waals surface area (Å²) in [5.41, 5.74) is 2.49. The molecule has 5 rings (SSSR count). The summed E-state index contributed by atoms with van der Waals surface area (Å²) in [5.74, 6) is -0.647. The minimum atomic E-state index is -0.697. The van der Waals surface area contributed by atoms with E-state index in [0.29, 0.717) is 15.8 Å². The van der Waals surface area contributed by atoms with Crippen molar-refractivity contribution in [2.24, 2.45) is 11.8 Å². The summed E-state index contributed by atoms with van der Waals surface area (Å²) >= 11 is 1.16. The first-order valence-electron chi connectivity index (χ1n) is 9.41. The van der Waals surface area contributed by atoms with Crippen LogP contribution in [-0.2, 0) is 14.3 Å². The Morgan fingerprint density at radius 1 is 1.11 bits per heavy atom. The minimum Gasteiger partial charge on any atom is -0.431 e. The molecule has 0 N–H and O–H groups in total. The highest BCUT2D eigenvalue weighted by Crippen LogP contribution is 2.53. The lowest BCUT2D eigenvalue weighted by atomic mass is 9.81. The summed E-state index contributed by atoms with van der Waals surface area (Å²) in [6.45, 7) is 3.79. The van der Waals surface area contributed by atoms with Crippen LogP contribution < -0.4 is 4.74 Å². The molecule has 2 aromatic rings. The second-order valence-corrected chi connectivity index (χ2v) is 8.82. The van der Waals surface area contributed by atoms with E-state index >= 15 is 0 Å². The molecule has 28 heavy (non-hydrogen) atoms. The Balaban J connectivity index is 1.47. The lowest BCUT2D eigenvalue weighted by Gasteiger charge is -2.18. The molecule has 1 aromatic heterocycles. The van der Waals surface area contributed by atoms with Gasteiger partial charge in [-0.25, -0.2) is 4.98 Å². The number of Topliss-reactive ketones (excluding diaryl/α,β-unsaturated/α-hetero) is 2. The van der Waals surface area contributed by atoms with Crippen molar-refractivity contribution in [3.05, 3.63) is 39.9 Å². The summed E-state index contributed by atoms with van der Waals surface area (Å²) in [7, 11) is 0. The molecule has 144 valence electrons. The summed E-state index contributed by atoms with van der Waals surface area (Å²) < 4.78 is 11.6.